The zero-order valence-corrected chi connectivity index (χ0v) is 12.6. The fourth-order valence-electron chi connectivity index (χ4n) is 2.54. The summed E-state index contributed by atoms with van der Waals surface area (Å²) in [6.07, 6.45) is 1.77. The lowest BCUT2D eigenvalue weighted by atomic mass is 9.95. The third-order valence-corrected chi connectivity index (χ3v) is 3.84. The Labute approximate surface area is 119 Å². The van der Waals surface area contributed by atoms with Crippen molar-refractivity contribution in [2.24, 2.45) is 5.92 Å². The van der Waals surface area contributed by atoms with Crippen LogP contribution in [0.15, 0.2) is 4.52 Å². The highest BCUT2D eigenvalue weighted by Gasteiger charge is 2.28. The quantitative estimate of drug-likeness (QED) is 0.794. The smallest absolute Gasteiger partial charge is 0.343 e. The third-order valence-electron chi connectivity index (χ3n) is 3.84. The van der Waals surface area contributed by atoms with Crippen LogP contribution in [0.4, 0.5) is 0 Å². The van der Waals surface area contributed by atoms with Gasteiger partial charge in [0.2, 0.25) is 0 Å². The van der Waals surface area contributed by atoms with E-state index >= 15 is 0 Å². The van der Waals surface area contributed by atoms with Gasteiger partial charge in [0.1, 0.15) is 11.7 Å². The van der Waals surface area contributed by atoms with Crippen LogP contribution in [0.25, 0.3) is 0 Å². The number of carbonyl (C=O) groups is 1. The number of hydrogen-bond acceptors (Lipinski definition) is 5. The number of aryl methyl sites for hydroxylation is 1. The van der Waals surface area contributed by atoms with Crippen molar-refractivity contribution in [2.45, 2.75) is 52.6 Å². The second kappa shape index (κ2) is 6.39. The Balaban J connectivity index is 2.06. The first-order chi connectivity index (χ1) is 9.50. The largest absolute Gasteiger partial charge is 0.459 e. The summed E-state index contributed by atoms with van der Waals surface area (Å²) in [4.78, 5) is 12.4. The van der Waals surface area contributed by atoms with Crippen molar-refractivity contribution in [1.29, 1.82) is 0 Å². The summed E-state index contributed by atoms with van der Waals surface area (Å²) in [6.45, 7) is 9.15. The molecular weight excluding hydrogens is 258 g/mol. The van der Waals surface area contributed by atoms with Gasteiger partial charge in [0.25, 0.3) is 0 Å². The number of nitrogens with zero attached hydrogens (tertiary/aromatic N) is 1. The predicted molar refractivity (Wildman–Crippen MR) is 73.7 cm³/mol. The average Bonchev–Trinajstić information content (AvgIpc) is 2.81. The zero-order chi connectivity index (χ0) is 14.7. The molecule has 2 heterocycles. The topological polar surface area (TPSA) is 61.6 Å². The molecule has 1 aromatic heterocycles. The fraction of sp³-hybridized carbons (Fsp3) is 0.733. The van der Waals surface area contributed by atoms with E-state index in [0.717, 1.165) is 26.1 Å². The van der Waals surface area contributed by atoms with Crippen LogP contribution in [0, 0.1) is 12.8 Å². The van der Waals surface area contributed by atoms with Crippen molar-refractivity contribution in [1.82, 2.24) is 5.16 Å². The Hall–Kier alpha value is -1.36. The van der Waals surface area contributed by atoms with Crippen LogP contribution in [0.1, 0.15) is 61.3 Å². The van der Waals surface area contributed by atoms with Crippen LogP contribution in [-0.4, -0.2) is 30.4 Å². The second-order valence-corrected chi connectivity index (χ2v) is 5.72. The van der Waals surface area contributed by atoms with Crippen molar-refractivity contribution < 1.29 is 18.8 Å². The molecule has 0 bridgehead atoms. The molecule has 1 saturated heterocycles. The van der Waals surface area contributed by atoms with Crippen LogP contribution in [-0.2, 0) is 9.47 Å². The first-order valence-corrected chi connectivity index (χ1v) is 7.25. The van der Waals surface area contributed by atoms with E-state index in [1.54, 1.807) is 6.92 Å². The van der Waals surface area contributed by atoms with Crippen LogP contribution in [0.3, 0.4) is 0 Å². The molecule has 0 amide bonds. The molecular formula is C15H23NO4. The lowest BCUT2D eigenvalue weighted by Crippen LogP contribution is -2.29. The van der Waals surface area contributed by atoms with Gasteiger partial charge in [-0.3, -0.25) is 0 Å². The standard InChI is InChI=1S/C15H23NO4/c1-9(2)14-13(10(3)16-20-14)15(17)19-11(4)12-5-7-18-8-6-12/h9,11-12H,5-8H2,1-4H3/t11-/m1/s1. The van der Waals surface area contributed by atoms with Gasteiger partial charge in [-0.05, 0) is 26.7 Å². The monoisotopic (exact) mass is 281 g/mol. The molecule has 0 saturated carbocycles. The third kappa shape index (κ3) is 3.20. The maximum atomic E-state index is 12.4. The molecule has 1 atom stereocenters. The maximum Gasteiger partial charge on any atom is 0.343 e. The number of rotatable bonds is 4. The molecule has 0 radical (unpaired) electrons. The summed E-state index contributed by atoms with van der Waals surface area (Å²) in [7, 11) is 0. The van der Waals surface area contributed by atoms with Gasteiger partial charge < -0.3 is 14.0 Å². The highest BCUT2D eigenvalue weighted by molar-refractivity contribution is 5.91. The molecule has 112 valence electrons. The Morgan fingerprint density at radius 1 is 1.30 bits per heavy atom. The number of esters is 1. The summed E-state index contributed by atoms with van der Waals surface area (Å²) >= 11 is 0. The van der Waals surface area contributed by atoms with Crippen LogP contribution >= 0.6 is 0 Å². The molecule has 0 aromatic carbocycles. The first-order valence-electron chi connectivity index (χ1n) is 7.25. The zero-order valence-electron chi connectivity index (χ0n) is 12.6. The number of aromatic nitrogens is 1. The Morgan fingerprint density at radius 3 is 2.55 bits per heavy atom. The molecule has 5 heteroatoms. The summed E-state index contributed by atoms with van der Waals surface area (Å²) in [5, 5.41) is 3.88. The van der Waals surface area contributed by atoms with Crippen LogP contribution in [0.2, 0.25) is 0 Å². The molecule has 1 aromatic rings. The van der Waals surface area contributed by atoms with Gasteiger partial charge in [0.05, 0.1) is 5.69 Å². The summed E-state index contributed by atoms with van der Waals surface area (Å²) in [5.41, 5.74) is 1.08. The number of ether oxygens (including phenoxy) is 2. The summed E-state index contributed by atoms with van der Waals surface area (Å²) < 4.78 is 16.2. The van der Waals surface area contributed by atoms with E-state index in [2.05, 4.69) is 5.16 Å². The minimum Gasteiger partial charge on any atom is -0.459 e. The predicted octanol–water partition coefficient (Wildman–Crippen LogP) is 3.08. The average molecular weight is 281 g/mol. The van der Waals surface area contributed by atoms with Gasteiger partial charge in [-0.15, -0.1) is 0 Å². The van der Waals surface area contributed by atoms with E-state index in [-0.39, 0.29) is 18.0 Å². The Morgan fingerprint density at radius 2 is 1.95 bits per heavy atom. The highest BCUT2D eigenvalue weighted by Crippen LogP contribution is 2.26. The molecule has 0 aliphatic carbocycles. The second-order valence-electron chi connectivity index (χ2n) is 5.72. The minimum absolute atomic E-state index is 0.108. The van der Waals surface area contributed by atoms with E-state index in [1.165, 1.54) is 0 Å². The SMILES string of the molecule is Cc1noc(C(C)C)c1C(=O)O[C@H](C)C1CCOCC1. The van der Waals surface area contributed by atoms with Gasteiger partial charge in [-0.25, -0.2) is 4.79 Å². The van der Waals surface area contributed by atoms with Crippen molar-refractivity contribution in [3.05, 3.63) is 17.0 Å². The van der Waals surface area contributed by atoms with Gasteiger partial charge in [0, 0.05) is 25.0 Å². The van der Waals surface area contributed by atoms with E-state index in [1.807, 2.05) is 20.8 Å². The molecule has 0 N–H and O–H groups in total. The van der Waals surface area contributed by atoms with E-state index in [0.29, 0.717) is 22.9 Å². The molecule has 20 heavy (non-hydrogen) atoms. The number of hydrogen-bond donors (Lipinski definition) is 0. The molecule has 0 spiro atoms. The maximum absolute atomic E-state index is 12.4. The van der Waals surface area contributed by atoms with Crippen molar-refractivity contribution >= 4 is 5.97 Å². The first kappa shape index (κ1) is 15.0. The molecule has 2 rings (SSSR count). The van der Waals surface area contributed by atoms with E-state index < -0.39 is 0 Å². The van der Waals surface area contributed by atoms with E-state index in [9.17, 15) is 4.79 Å². The van der Waals surface area contributed by atoms with Gasteiger partial charge in [-0.2, -0.15) is 0 Å². The van der Waals surface area contributed by atoms with Gasteiger partial charge in [-0.1, -0.05) is 19.0 Å². The minimum atomic E-state index is -0.327. The van der Waals surface area contributed by atoms with Crippen molar-refractivity contribution in [3.63, 3.8) is 0 Å². The lowest BCUT2D eigenvalue weighted by molar-refractivity contribution is -0.0120. The summed E-state index contributed by atoms with van der Waals surface area (Å²) in [6, 6.07) is 0. The van der Waals surface area contributed by atoms with Gasteiger partial charge in [0.15, 0.2) is 5.76 Å². The van der Waals surface area contributed by atoms with Gasteiger partial charge >= 0.3 is 5.97 Å². The van der Waals surface area contributed by atoms with Crippen LogP contribution < -0.4 is 0 Å². The van der Waals surface area contributed by atoms with Crippen molar-refractivity contribution in [2.75, 3.05) is 13.2 Å². The molecule has 1 aliphatic rings. The highest BCUT2D eigenvalue weighted by atomic mass is 16.5. The lowest BCUT2D eigenvalue weighted by Gasteiger charge is -2.27. The Kier molecular flexibility index (Phi) is 4.81. The number of carbonyl (C=O) groups excluding carboxylic acids is 1. The Bertz CT molecular complexity index is 460. The van der Waals surface area contributed by atoms with Crippen molar-refractivity contribution in [3.8, 4) is 0 Å². The fourth-order valence-corrected chi connectivity index (χ4v) is 2.54. The summed E-state index contributed by atoms with van der Waals surface area (Å²) in [5.74, 6) is 0.755. The molecule has 0 unspecified atom stereocenters. The molecule has 5 nitrogen and oxygen atoms in total. The molecule has 1 fully saturated rings. The van der Waals surface area contributed by atoms with E-state index in [4.69, 9.17) is 14.0 Å². The molecule has 1 aliphatic heterocycles. The normalized spacial score (nSPS) is 18.2. The van der Waals surface area contributed by atoms with Crippen LogP contribution in [0.5, 0.6) is 0 Å².